The van der Waals surface area contributed by atoms with E-state index in [1.165, 1.54) is 30.5 Å². The van der Waals surface area contributed by atoms with Crippen LogP contribution in [0.2, 0.25) is 0 Å². The van der Waals surface area contributed by atoms with Crippen molar-refractivity contribution in [1.82, 2.24) is 14.1 Å². The monoisotopic (exact) mass is 469 g/mol. The van der Waals surface area contributed by atoms with Gasteiger partial charge in [0.2, 0.25) is 21.8 Å². The maximum absolute atomic E-state index is 13.1. The fraction of sp³-hybridized carbons (Fsp3) is 0.333. The number of nitrogens with zero attached hydrogens (tertiary/aromatic N) is 3. The molecule has 0 spiro atoms. The maximum atomic E-state index is 13.1. The van der Waals surface area contributed by atoms with Crippen LogP contribution in [0.3, 0.4) is 0 Å². The van der Waals surface area contributed by atoms with Gasteiger partial charge in [0.05, 0.1) is 24.5 Å². The van der Waals surface area contributed by atoms with Crippen molar-refractivity contribution in [3.63, 3.8) is 0 Å². The summed E-state index contributed by atoms with van der Waals surface area (Å²) in [5.41, 5.74) is 1.92. The second-order valence-corrected chi connectivity index (χ2v) is 9.99. The Morgan fingerprint density at radius 1 is 1.00 bits per heavy atom. The number of carbonyl (C=O) groups excluding carboxylic acids is 2. The highest BCUT2D eigenvalue weighted by Gasteiger charge is 2.33. The molecule has 1 fully saturated rings. The molecule has 2 aliphatic heterocycles. The van der Waals surface area contributed by atoms with E-state index in [1.807, 2.05) is 30.3 Å². The van der Waals surface area contributed by atoms with Gasteiger partial charge in [0.1, 0.15) is 5.75 Å². The molecule has 2 aromatic rings. The molecule has 2 aromatic carbocycles. The van der Waals surface area contributed by atoms with E-state index in [9.17, 15) is 18.0 Å². The Balaban J connectivity index is 1.43. The van der Waals surface area contributed by atoms with E-state index in [1.54, 1.807) is 28.1 Å². The molecular weight excluding hydrogens is 442 g/mol. The molecule has 0 unspecified atom stereocenters. The molecule has 2 amide bonds. The van der Waals surface area contributed by atoms with Crippen molar-refractivity contribution in [1.29, 1.82) is 0 Å². The molecule has 2 heterocycles. The second kappa shape index (κ2) is 9.36. The van der Waals surface area contributed by atoms with Gasteiger partial charge in [-0.05, 0) is 41.5 Å². The Morgan fingerprint density at radius 2 is 1.67 bits per heavy atom. The van der Waals surface area contributed by atoms with Gasteiger partial charge < -0.3 is 14.5 Å². The van der Waals surface area contributed by atoms with Crippen LogP contribution in [0.1, 0.15) is 30.5 Å². The predicted octanol–water partition coefficient (Wildman–Crippen LogP) is 2.49. The fourth-order valence-corrected chi connectivity index (χ4v) is 5.70. The van der Waals surface area contributed by atoms with Crippen molar-refractivity contribution < 1.29 is 22.7 Å². The van der Waals surface area contributed by atoms with Gasteiger partial charge in [-0.3, -0.25) is 9.59 Å². The summed E-state index contributed by atoms with van der Waals surface area (Å²) in [5, 5.41) is 0. The quantitative estimate of drug-likeness (QED) is 0.672. The van der Waals surface area contributed by atoms with E-state index in [4.69, 9.17) is 4.74 Å². The summed E-state index contributed by atoms with van der Waals surface area (Å²) < 4.78 is 32.4. The van der Waals surface area contributed by atoms with Crippen molar-refractivity contribution in [3.8, 4) is 5.75 Å². The van der Waals surface area contributed by atoms with Crippen molar-refractivity contribution in [3.05, 3.63) is 65.9 Å². The molecule has 2 aliphatic rings. The Morgan fingerprint density at radius 3 is 2.30 bits per heavy atom. The highest BCUT2D eigenvalue weighted by Crippen LogP contribution is 2.33. The molecule has 0 bridgehead atoms. The lowest BCUT2D eigenvalue weighted by Gasteiger charge is -2.37. The third-order valence-corrected chi connectivity index (χ3v) is 8.04. The summed E-state index contributed by atoms with van der Waals surface area (Å²) in [6.45, 7) is 2.53. The third-order valence-electron chi connectivity index (χ3n) is 6.13. The first-order valence-electron chi connectivity index (χ1n) is 10.8. The molecule has 0 radical (unpaired) electrons. The van der Waals surface area contributed by atoms with E-state index in [0.29, 0.717) is 18.8 Å². The van der Waals surface area contributed by atoms with Crippen LogP contribution in [0, 0.1) is 0 Å². The number of sulfonamides is 1. The van der Waals surface area contributed by atoms with Gasteiger partial charge in [-0.25, -0.2) is 8.42 Å². The second-order valence-electron chi connectivity index (χ2n) is 8.05. The number of rotatable bonds is 5. The molecule has 0 aromatic heterocycles. The first-order valence-corrected chi connectivity index (χ1v) is 12.2. The average Bonchev–Trinajstić information content (AvgIpc) is 2.84. The lowest BCUT2D eigenvalue weighted by atomic mass is 9.93. The van der Waals surface area contributed by atoms with E-state index in [-0.39, 0.29) is 42.3 Å². The topological polar surface area (TPSA) is 87.2 Å². The van der Waals surface area contributed by atoms with E-state index < -0.39 is 10.0 Å². The molecule has 4 rings (SSSR count). The number of fused-ring (bicyclic) bond motifs is 1. The van der Waals surface area contributed by atoms with Gasteiger partial charge in [-0.1, -0.05) is 24.3 Å². The van der Waals surface area contributed by atoms with Gasteiger partial charge in [0.25, 0.3) is 0 Å². The highest BCUT2D eigenvalue weighted by molar-refractivity contribution is 7.89. The minimum Gasteiger partial charge on any atom is -0.497 e. The average molecular weight is 470 g/mol. The SMILES string of the molecule is COc1ccc(S(=O)(=O)N2CCN(C(=O)C[C@H]3c4ccccc4C=CN3C(C)=O)CC2)cc1. The van der Waals surface area contributed by atoms with E-state index >= 15 is 0 Å². The van der Waals surface area contributed by atoms with Gasteiger partial charge >= 0.3 is 0 Å². The van der Waals surface area contributed by atoms with Crippen LogP contribution >= 0.6 is 0 Å². The number of hydrogen-bond donors (Lipinski definition) is 0. The van der Waals surface area contributed by atoms with Gasteiger partial charge in [0.15, 0.2) is 0 Å². The Labute approximate surface area is 194 Å². The van der Waals surface area contributed by atoms with Crippen molar-refractivity contribution in [2.45, 2.75) is 24.3 Å². The van der Waals surface area contributed by atoms with Crippen LogP contribution in [0.4, 0.5) is 0 Å². The number of piperazine rings is 1. The molecule has 33 heavy (non-hydrogen) atoms. The number of amides is 2. The zero-order valence-electron chi connectivity index (χ0n) is 18.7. The van der Waals surface area contributed by atoms with E-state index in [0.717, 1.165) is 11.1 Å². The number of benzene rings is 2. The summed E-state index contributed by atoms with van der Waals surface area (Å²) in [4.78, 5) is 28.8. The molecule has 1 saturated heterocycles. The zero-order valence-corrected chi connectivity index (χ0v) is 19.5. The largest absolute Gasteiger partial charge is 0.497 e. The summed E-state index contributed by atoms with van der Waals surface area (Å²) in [7, 11) is -2.12. The fourth-order valence-electron chi connectivity index (χ4n) is 4.28. The molecule has 174 valence electrons. The molecular formula is C24H27N3O5S. The number of ether oxygens (including phenoxy) is 1. The standard InChI is InChI=1S/C24H27N3O5S/c1-18(28)27-12-11-19-5-3-4-6-22(19)23(27)17-24(29)25-13-15-26(16-14-25)33(30,31)21-9-7-20(32-2)8-10-21/h3-12,23H,13-17H2,1-2H3/t23-/m0/s1. The Hall–Kier alpha value is -3.17. The van der Waals surface area contributed by atoms with Crippen LogP contribution in [-0.2, 0) is 19.6 Å². The van der Waals surface area contributed by atoms with E-state index in [2.05, 4.69) is 0 Å². The lowest BCUT2D eigenvalue weighted by molar-refractivity contribution is -0.135. The minimum absolute atomic E-state index is 0.0992. The minimum atomic E-state index is -3.65. The van der Waals surface area contributed by atoms with Crippen molar-refractivity contribution in [2.75, 3.05) is 33.3 Å². The molecule has 1 atom stereocenters. The maximum Gasteiger partial charge on any atom is 0.243 e. The van der Waals surface area contributed by atoms with Crippen molar-refractivity contribution >= 4 is 27.9 Å². The molecule has 9 heteroatoms. The summed E-state index contributed by atoms with van der Waals surface area (Å²) in [5.74, 6) is 0.356. The third kappa shape index (κ3) is 4.65. The number of hydrogen-bond acceptors (Lipinski definition) is 5. The van der Waals surface area contributed by atoms with Crippen LogP contribution < -0.4 is 4.74 Å². The Kier molecular flexibility index (Phi) is 6.53. The molecule has 0 saturated carbocycles. The zero-order chi connectivity index (χ0) is 23.6. The van der Waals surface area contributed by atoms with Crippen LogP contribution in [-0.4, -0.2) is 67.6 Å². The molecule has 0 aliphatic carbocycles. The summed E-state index contributed by atoms with van der Waals surface area (Å²) in [6, 6.07) is 13.6. The van der Waals surface area contributed by atoms with Gasteiger partial charge in [-0.15, -0.1) is 0 Å². The predicted molar refractivity (Wildman–Crippen MR) is 124 cm³/mol. The molecule has 0 N–H and O–H groups in total. The lowest BCUT2D eigenvalue weighted by Crippen LogP contribution is -2.51. The number of carbonyl (C=O) groups is 2. The van der Waals surface area contributed by atoms with Crippen molar-refractivity contribution in [2.24, 2.45) is 0 Å². The number of methoxy groups -OCH3 is 1. The first kappa shape index (κ1) is 23.0. The molecule has 8 nitrogen and oxygen atoms in total. The van der Waals surface area contributed by atoms with Crippen LogP contribution in [0.15, 0.2) is 59.6 Å². The first-order chi connectivity index (χ1) is 15.8. The van der Waals surface area contributed by atoms with Gasteiger partial charge in [0, 0.05) is 39.3 Å². The summed E-state index contributed by atoms with van der Waals surface area (Å²) >= 11 is 0. The summed E-state index contributed by atoms with van der Waals surface area (Å²) in [6.07, 6.45) is 3.74. The highest BCUT2D eigenvalue weighted by atomic mass is 32.2. The van der Waals surface area contributed by atoms with Crippen LogP contribution in [0.5, 0.6) is 5.75 Å². The smallest absolute Gasteiger partial charge is 0.243 e. The normalized spacial score (nSPS) is 18.7. The van der Waals surface area contributed by atoms with Gasteiger partial charge in [-0.2, -0.15) is 4.31 Å². The Bertz CT molecular complexity index is 1170. The van der Waals surface area contributed by atoms with Crippen LogP contribution in [0.25, 0.3) is 6.08 Å².